The third kappa shape index (κ3) is 3.92. The maximum Gasteiger partial charge on any atom is 0.228 e. The van der Waals surface area contributed by atoms with Crippen molar-refractivity contribution in [3.8, 4) is 11.5 Å². The number of hydrogen-bond donors (Lipinski definition) is 1. The highest BCUT2D eigenvalue weighted by molar-refractivity contribution is 6.30. The summed E-state index contributed by atoms with van der Waals surface area (Å²) >= 11 is 5.91. The van der Waals surface area contributed by atoms with Crippen LogP contribution in [0.2, 0.25) is 5.02 Å². The lowest BCUT2D eigenvalue weighted by molar-refractivity contribution is -0.115. The van der Waals surface area contributed by atoms with Gasteiger partial charge in [0.25, 0.3) is 0 Å². The van der Waals surface area contributed by atoms with Gasteiger partial charge in [-0.3, -0.25) is 4.79 Å². The van der Waals surface area contributed by atoms with Gasteiger partial charge in [0.15, 0.2) is 0 Å². The van der Waals surface area contributed by atoms with Gasteiger partial charge >= 0.3 is 0 Å². The van der Waals surface area contributed by atoms with Crippen molar-refractivity contribution in [3.05, 3.63) is 52.5 Å². The van der Waals surface area contributed by atoms with Crippen LogP contribution < -0.4 is 14.8 Å². The molecule has 0 spiro atoms. The predicted octanol–water partition coefficient (Wildman–Crippen LogP) is 3.85. The SMILES string of the molecule is COc1ccc(CC(=O)Nc2ccc(Cl)cc2C)c(OC)c1. The van der Waals surface area contributed by atoms with E-state index < -0.39 is 0 Å². The maximum atomic E-state index is 12.2. The largest absolute Gasteiger partial charge is 0.497 e. The number of ether oxygens (including phenoxy) is 2. The van der Waals surface area contributed by atoms with Gasteiger partial charge < -0.3 is 14.8 Å². The summed E-state index contributed by atoms with van der Waals surface area (Å²) < 4.78 is 10.4. The first kappa shape index (κ1) is 16.2. The highest BCUT2D eigenvalue weighted by Gasteiger charge is 2.11. The Balaban J connectivity index is 2.12. The van der Waals surface area contributed by atoms with Crippen LogP contribution in [0.3, 0.4) is 0 Å². The molecule has 0 aliphatic heterocycles. The third-order valence-electron chi connectivity index (χ3n) is 3.31. The number of aryl methyl sites for hydroxylation is 1. The fourth-order valence-electron chi connectivity index (χ4n) is 2.13. The summed E-state index contributed by atoms with van der Waals surface area (Å²) in [6.45, 7) is 1.90. The molecule has 4 nitrogen and oxygen atoms in total. The molecule has 0 saturated heterocycles. The van der Waals surface area contributed by atoms with Crippen molar-refractivity contribution in [2.75, 3.05) is 19.5 Å². The van der Waals surface area contributed by atoms with Crippen molar-refractivity contribution in [1.29, 1.82) is 0 Å². The molecule has 0 aromatic heterocycles. The molecule has 5 heteroatoms. The van der Waals surface area contributed by atoms with Crippen LogP contribution in [0.25, 0.3) is 0 Å². The van der Waals surface area contributed by atoms with E-state index in [0.29, 0.717) is 16.5 Å². The summed E-state index contributed by atoms with van der Waals surface area (Å²) in [5.41, 5.74) is 2.47. The molecule has 1 N–H and O–H groups in total. The molecule has 0 saturated carbocycles. The molecule has 22 heavy (non-hydrogen) atoms. The van der Waals surface area contributed by atoms with Crippen LogP contribution >= 0.6 is 11.6 Å². The minimum Gasteiger partial charge on any atom is -0.497 e. The fraction of sp³-hybridized carbons (Fsp3) is 0.235. The number of anilines is 1. The van der Waals surface area contributed by atoms with Crippen molar-refractivity contribution >= 4 is 23.2 Å². The van der Waals surface area contributed by atoms with Gasteiger partial charge in [0.1, 0.15) is 11.5 Å². The molecule has 2 rings (SSSR count). The number of rotatable bonds is 5. The number of halogens is 1. The number of nitrogens with one attached hydrogen (secondary N) is 1. The van der Waals surface area contributed by atoms with E-state index in [-0.39, 0.29) is 12.3 Å². The molecule has 116 valence electrons. The molecule has 0 fully saturated rings. The average Bonchev–Trinajstić information content (AvgIpc) is 2.50. The molecule has 0 aliphatic carbocycles. The molecule has 0 heterocycles. The quantitative estimate of drug-likeness (QED) is 0.910. The van der Waals surface area contributed by atoms with E-state index in [0.717, 1.165) is 16.8 Å². The smallest absolute Gasteiger partial charge is 0.228 e. The van der Waals surface area contributed by atoms with Gasteiger partial charge in [-0.05, 0) is 36.8 Å². The zero-order valence-electron chi connectivity index (χ0n) is 12.8. The van der Waals surface area contributed by atoms with E-state index in [1.54, 1.807) is 38.5 Å². The molecular weight excluding hydrogens is 302 g/mol. The zero-order chi connectivity index (χ0) is 16.1. The Labute approximate surface area is 135 Å². The van der Waals surface area contributed by atoms with Crippen LogP contribution in [0, 0.1) is 6.92 Å². The van der Waals surface area contributed by atoms with Gasteiger partial charge in [-0.1, -0.05) is 17.7 Å². The molecular formula is C17H18ClNO3. The molecule has 0 bridgehead atoms. The Morgan fingerprint density at radius 1 is 1.14 bits per heavy atom. The predicted molar refractivity (Wildman–Crippen MR) is 88.1 cm³/mol. The summed E-state index contributed by atoms with van der Waals surface area (Å²) in [5.74, 6) is 1.20. The first-order valence-corrected chi connectivity index (χ1v) is 7.18. The number of hydrogen-bond acceptors (Lipinski definition) is 3. The van der Waals surface area contributed by atoms with Crippen molar-refractivity contribution in [3.63, 3.8) is 0 Å². The van der Waals surface area contributed by atoms with Crippen molar-refractivity contribution in [2.45, 2.75) is 13.3 Å². The Morgan fingerprint density at radius 3 is 2.55 bits per heavy atom. The van der Waals surface area contributed by atoms with Crippen LogP contribution in [0.15, 0.2) is 36.4 Å². The van der Waals surface area contributed by atoms with E-state index in [9.17, 15) is 4.79 Å². The van der Waals surface area contributed by atoms with Crippen LogP contribution in [0.5, 0.6) is 11.5 Å². The van der Waals surface area contributed by atoms with Gasteiger partial charge in [-0.2, -0.15) is 0 Å². The first-order valence-electron chi connectivity index (χ1n) is 6.80. The normalized spacial score (nSPS) is 10.2. The molecule has 0 unspecified atom stereocenters. The maximum absolute atomic E-state index is 12.2. The molecule has 0 aliphatic rings. The van der Waals surface area contributed by atoms with Crippen molar-refractivity contribution < 1.29 is 14.3 Å². The van der Waals surface area contributed by atoms with Gasteiger partial charge in [0, 0.05) is 22.3 Å². The summed E-state index contributed by atoms with van der Waals surface area (Å²) in [6, 6.07) is 10.7. The summed E-state index contributed by atoms with van der Waals surface area (Å²) in [4.78, 5) is 12.2. The van der Waals surface area contributed by atoms with E-state index in [1.807, 2.05) is 19.1 Å². The molecule has 1 amide bonds. The summed E-state index contributed by atoms with van der Waals surface area (Å²) in [7, 11) is 3.16. The van der Waals surface area contributed by atoms with Crippen LogP contribution in [-0.2, 0) is 11.2 Å². The van der Waals surface area contributed by atoms with Crippen molar-refractivity contribution in [2.24, 2.45) is 0 Å². The standard InChI is InChI=1S/C17H18ClNO3/c1-11-8-13(18)5-7-15(11)19-17(20)9-12-4-6-14(21-2)10-16(12)22-3/h4-8,10H,9H2,1-3H3,(H,19,20). The van der Waals surface area contributed by atoms with Crippen molar-refractivity contribution in [1.82, 2.24) is 0 Å². The first-order chi connectivity index (χ1) is 10.5. The molecule has 2 aromatic rings. The summed E-state index contributed by atoms with van der Waals surface area (Å²) in [6.07, 6.45) is 0.217. The Hall–Kier alpha value is -2.20. The second-order valence-electron chi connectivity index (χ2n) is 4.86. The lowest BCUT2D eigenvalue weighted by Crippen LogP contribution is -2.15. The second kappa shape index (κ2) is 7.18. The third-order valence-corrected chi connectivity index (χ3v) is 3.54. The number of methoxy groups -OCH3 is 2. The average molecular weight is 320 g/mol. The number of amides is 1. The number of carbonyl (C=O) groups excluding carboxylic acids is 1. The number of benzene rings is 2. The van der Waals surface area contributed by atoms with E-state index in [2.05, 4.69) is 5.32 Å². The van der Waals surface area contributed by atoms with E-state index >= 15 is 0 Å². The lowest BCUT2D eigenvalue weighted by atomic mass is 10.1. The van der Waals surface area contributed by atoms with Crippen LogP contribution in [-0.4, -0.2) is 20.1 Å². The zero-order valence-corrected chi connectivity index (χ0v) is 13.5. The molecule has 2 aromatic carbocycles. The van der Waals surface area contributed by atoms with Gasteiger partial charge in [-0.25, -0.2) is 0 Å². The van der Waals surface area contributed by atoms with E-state index in [4.69, 9.17) is 21.1 Å². The molecule has 0 atom stereocenters. The van der Waals surface area contributed by atoms with E-state index in [1.165, 1.54) is 0 Å². The lowest BCUT2D eigenvalue weighted by Gasteiger charge is -2.12. The second-order valence-corrected chi connectivity index (χ2v) is 5.30. The monoisotopic (exact) mass is 319 g/mol. The van der Waals surface area contributed by atoms with Gasteiger partial charge in [0.05, 0.1) is 20.6 Å². The highest BCUT2D eigenvalue weighted by Crippen LogP contribution is 2.25. The molecule has 0 radical (unpaired) electrons. The summed E-state index contributed by atoms with van der Waals surface area (Å²) in [5, 5.41) is 3.53. The fourth-order valence-corrected chi connectivity index (χ4v) is 2.36. The Kier molecular flexibility index (Phi) is 5.28. The number of carbonyl (C=O) groups is 1. The topological polar surface area (TPSA) is 47.6 Å². The minimum absolute atomic E-state index is 0.117. The Bertz CT molecular complexity index is 686. The highest BCUT2D eigenvalue weighted by atomic mass is 35.5. The van der Waals surface area contributed by atoms with Gasteiger partial charge in [0.2, 0.25) is 5.91 Å². The minimum atomic E-state index is -0.117. The Morgan fingerprint density at radius 2 is 1.91 bits per heavy atom. The van der Waals surface area contributed by atoms with Gasteiger partial charge in [-0.15, -0.1) is 0 Å². The van der Waals surface area contributed by atoms with Crippen LogP contribution in [0.4, 0.5) is 5.69 Å². The van der Waals surface area contributed by atoms with Crippen LogP contribution in [0.1, 0.15) is 11.1 Å².